The van der Waals surface area contributed by atoms with Crippen molar-refractivity contribution in [1.29, 1.82) is 15.8 Å². The van der Waals surface area contributed by atoms with E-state index in [2.05, 4.69) is 26.9 Å². The number of benzene rings is 1. The second-order valence-electron chi connectivity index (χ2n) is 6.69. The van der Waals surface area contributed by atoms with E-state index >= 15 is 0 Å². The lowest BCUT2D eigenvalue weighted by atomic mass is 9.58. The molecule has 1 aromatic carbocycles. The van der Waals surface area contributed by atoms with Crippen molar-refractivity contribution in [2.45, 2.75) is 12.8 Å². The maximum Gasteiger partial charge on any atom is 0.191 e. The molecule has 0 radical (unpaired) electrons. The van der Waals surface area contributed by atoms with Gasteiger partial charge in [-0.05, 0) is 35.9 Å². The highest BCUT2D eigenvalue weighted by Gasteiger charge is 2.55. The molecule has 1 heterocycles. The molecule has 0 saturated carbocycles. The molecule has 0 fully saturated rings. The van der Waals surface area contributed by atoms with Crippen LogP contribution in [0.5, 0.6) is 0 Å². The van der Waals surface area contributed by atoms with Gasteiger partial charge in [-0.3, -0.25) is 4.90 Å². The van der Waals surface area contributed by atoms with Gasteiger partial charge in [0.1, 0.15) is 11.9 Å². The zero-order valence-electron chi connectivity index (χ0n) is 14.7. The first-order valence-corrected chi connectivity index (χ1v) is 9.33. The first-order valence-electron chi connectivity index (χ1n) is 8.54. The SMILES string of the molecule is CCN1CC=C2C(C#N)=C(N)C(C#N)(C#N)C(c3cc(Br)ccc3F)[C@H]2C1. The van der Waals surface area contributed by atoms with E-state index in [-0.39, 0.29) is 22.8 Å². The van der Waals surface area contributed by atoms with Gasteiger partial charge in [-0.1, -0.05) is 28.9 Å². The van der Waals surface area contributed by atoms with E-state index in [1.807, 2.05) is 25.1 Å². The van der Waals surface area contributed by atoms with Crippen LogP contribution in [0.2, 0.25) is 0 Å². The quantitative estimate of drug-likeness (QED) is 0.782. The summed E-state index contributed by atoms with van der Waals surface area (Å²) in [4.78, 5) is 2.13. The topological polar surface area (TPSA) is 101 Å². The fourth-order valence-corrected chi connectivity index (χ4v) is 4.47. The molecule has 0 aromatic heterocycles. The van der Waals surface area contributed by atoms with Crippen LogP contribution in [0.15, 0.2) is 45.6 Å². The summed E-state index contributed by atoms with van der Waals surface area (Å²) in [6.45, 7) is 3.93. The third-order valence-corrected chi connectivity index (χ3v) is 5.97. The average molecular weight is 426 g/mol. The standard InChI is InChI=1S/C20H17BrFN5/c1-2-27-6-5-13-15(8-23)19(26)20(10-24,11-25)18(16(13)9-27)14-7-12(21)3-4-17(14)22/h3-5,7,16,18H,2,6,9,26H2,1H3/t16-,18?/m0/s1. The fourth-order valence-electron chi connectivity index (χ4n) is 4.09. The Bertz CT molecular complexity index is 962. The second kappa shape index (κ2) is 7.16. The molecule has 0 amide bonds. The van der Waals surface area contributed by atoms with Crippen molar-refractivity contribution in [3.8, 4) is 18.2 Å². The lowest BCUT2D eigenvalue weighted by Crippen LogP contribution is -2.48. The van der Waals surface area contributed by atoms with Crippen LogP contribution in [-0.2, 0) is 0 Å². The van der Waals surface area contributed by atoms with Gasteiger partial charge in [0.2, 0.25) is 0 Å². The predicted octanol–water partition coefficient (Wildman–Crippen LogP) is 3.33. The molecule has 3 rings (SSSR count). The van der Waals surface area contributed by atoms with Crippen molar-refractivity contribution in [2.75, 3.05) is 19.6 Å². The minimum absolute atomic E-state index is 0.0909. The first kappa shape index (κ1) is 19.1. The Labute approximate surface area is 165 Å². The smallest absolute Gasteiger partial charge is 0.191 e. The Morgan fingerprint density at radius 3 is 2.63 bits per heavy atom. The summed E-state index contributed by atoms with van der Waals surface area (Å²) >= 11 is 3.35. The molecule has 1 unspecified atom stereocenters. The van der Waals surface area contributed by atoms with Gasteiger partial charge in [0.15, 0.2) is 5.41 Å². The van der Waals surface area contributed by atoms with E-state index < -0.39 is 17.2 Å². The van der Waals surface area contributed by atoms with E-state index in [4.69, 9.17) is 5.73 Å². The number of allylic oxidation sites excluding steroid dienone is 2. The molecule has 2 atom stereocenters. The minimum Gasteiger partial charge on any atom is -0.399 e. The van der Waals surface area contributed by atoms with Crippen LogP contribution in [-0.4, -0.2) is 24.5 Å². The third-order valence-electron chi connectivity index (χ3n) is 5.48. The van der Waals surface area contributed by atoms with E-state index in [0.717, 1.165) is 6.54 Å². The Morgan fingerprint density at radius 1 is 1.33 bits per heavy atom. The number of nitrogens with two attached hydrogens (primary N) is 1. The van der Waals surface area contributed by atoms with Gasteiger partial charge in [0, 0.05) is 29.4 Å². The van der Waals surface area contributed by atoms with Gasteiger partial charge in [-0.15, -0.1) is 0 Å². The van der Waals surface area contributed by atoms with Crippen molar-refractivity contribution in [1.82, 2.24) is 4.90 Å². The normalized spacial score (nSPS) is 24.2. The van der Waals surface area contributed by atoms with Gasteiger partial charge in [0.25, 0.3) is 0 Å². The van der Waals surface area contributed by atoms with Gasteiger partial charge in [-0.25, -0.2) is 4.39 Å². The number of nitrogens with zero attached hydrogens (tertiary/aromatic N) is 4. The molecular formula is C20H17BrFN5. The summed E-state index contributed by atoms with van der Waals surface area (Å²) in [5.41, 5.74) is 5.42. The Kier molecular flexibility index (Phi) is 5.07. The zero-order chi connectivity index (χ0) is 19.8. The van der Waals surface area contributed by atoms with Crippen LogP contribution < -0.4 is 5.73 Å². The Morgan fingerprint density at radius 2 is 2.04 bits per heavy atom. The van der Waals surface area contributed by atoms with E-state index in [1.54, 1.807) is 12.1 Å². The van der Waals surface area contributed by atoms with Crippen LogP contribution >= 0.6 is 15.9 Å². The van der Waals surface area contributed by atoms with Crippen LogP contribution in [0.3, 0.4) is 0 Å². The minimum atomic E-state index is -1.81. The van der Waals surface area contributed by atoms with Crippen LogP contribution in [0.1, 0.15) is 18.4 Å². The molecule has 2 aliphatic rings. The molecule has 27 heavy (non-hydrogen) atoms. The van der Waals surface area contributed by atoms with E-state index in [0.29, 0.717) is 23.1 Å². The fraction of sp³-hybridized carbons (Fsp3) is 0.350. The highest BCUT2D eigenvalue weighted by molar-refractivity contribution is 9.10. The summed E-state index contributed by atoms with van der Waals surface area (Å²) in [6, 6.07) is 10.6. The molecule has 0 bridgehead atoms. The van der Waals surface area contributed by atoms with E-state index in [9.17, 15) is 20.2 Å². The Balaban J connectivity index is 2.36. The number of hydrogen-bond donors (Lipinski definition) is 1. The third kappa shape index (κ3) is 2.82. The lowest BCUT2D eigenvalue weighted by Gasteiger charge is -2.45. The van der Waals surface area contributed by atoms with Gasteiger partial charge in [0.05, 0.1) is 23.4 Å². The van der Waals surface area contributed by atoms with Crippen molar-refractivity contribution >= 4 is 15.9 Å². The monoisotopic (exact) mass is 425 g/mol. The lowest BCUT2D eigenvalue weighted by molar-refractivity contribution is 0.212. The summed E-state index contributed by atoms with van der Waals surface area (Å²) in [5.74, 6) is -1.70. The molecule has 5 nitrogen and oxygen atoms in total. The molecule has 136 valence electrons. The van der Waals surface area contributed by atoms with Crippen LogP contribution in [0, 0.1) is 51.1 Å². The molecular weight excluding hydrogens is 409 g/mol. The van der Waals surface area contributed by atoms with Gasteiger partial charge >= 0.3 is 0 Å². The number of hydrogen-bond acceptors (Lipinski definition) is 5. The molecule has 1 aliphatic carbocycles. The molecule has 1 aliphatic heterocycles. The molecule has 0 spiro atoms. The number of nitriles is 3. The van der Waals surface area contributed by atoms with Crippen molar-refractivity contribution in [3.05, 3.63) is 57.0 Å². The summed E-state index contributed by atoms with van der Waals surface area (Å²) in [5, 5.41) is 29.6. The average Bonchev–Trinajstić information content (AvgIpc) is 2.69. The second-order valence-corrected chi connectivity index (χ2v) is 7.61. The number of halogens is 2. The van der Waals surface area contributed by atoms with Crippen molar-refractivity contribution in [2.24, 2.45) is 17.1 Å². The summed E-state index contributed by atoms with van der Waals surface area (Å²) in [7, 11) is 0. The zero-order valence-corrected chi connectivity index (χ0v) is 16.3. The molecule has 2 N–H and O–H groups in total. The first-order chi connectivity index (χ1) is 12.9. The molecule has 0 saturated heterocycles. The molecule has 1 aromatic rings. The Hall–Kier alpha value is -2.66. The highest BCUT2D eigenvalue weighted by Crippen LogP contribution is 2.54. The summed E-state index contributed by atoms with van der Waals surface area (Å²) < 4.78 is 15.5. The number of rotatable bonds is 2. The maximum absolute atomic E-state index is 14.8. The summed E-state index contributed by atoms with van der Waals surface area (Å²) in [6.07, 6.45) is 1.91. The number of fused-ring (bicyclic) bond motifs is 1. The van der Waals surface area contributed by atoms with Crippen molar-refractivity contribution in [3.63, 3.8) is 0 Å². The molecule has 7 heteroatoms. The van der Waals surface area contributed by atoms with E-state index in [1.165, 1.54) is 6.07 Å². The van der Waals surface area contributed by atoms with Crippen LogP contribution in [0.4, 0.5) is 4.39 Å². The van der Waals surface area contributed by atoms with Crippen molar-refractivity contribution < 1.29 is 4.39 Å². The van der Waals surface area contributed by atoms with Gasteiger partial charge < -0.3 is 5.73 Å². The van der Waals surface area contributed by atoms with Crippen LogP contribution in [0.25, 0.3) is 0 Å². The predicted molar refractivity (Wildman–Crippen MR) is 101 cm³/mol. The number of likely N-dealkylation sites (N-methyl/N-ethyl adjacent to an activating group) is 1. The van der Waals surface area contributed by atoms with Gasteiger partial charge in [-0.2, -0.15) is 15.8 Å². The maximum atomic E-state index is 14.8. The highest BCUT2D eigenvalue weighted by atomic mass is 79.9. The largest absolute Gasteiger partial charge is 0.399 e.